The number of ketones is 1. The van der Waals surface area contributed by atoms with E-state index in [2.05, 4.69) is 22.8 Å². The van der Waals surface area contributed by atoms with Crippen molar-refractivity contribution in [3.8, 4) is 5.75 Å². The molecule has 0 radical (unpaired) electrons. The Balaban J connectivity index is 1.85. The summed E-state index contributed by atoms with van der Waals surface area (Å²) < 4.78 is 6.25. The summed E-state index contributed by atoms with van der Waals surface area (Å²) in [5.41, 5.74) is 3.44. The van der Waals surface area contributed by atoms with Crippen LogP contribution in [0.2, 0.25) is 0 Å². The summed E-state index contributed by atoms with van der Waals surface area (Å²) in [7, 11) is 0. The van der Waals surface area contributed by atoms with Crippen molar-refractivity contribution in [2.45, 2.75) is 26.5 Å². The molecule has 3 aromatic rings. The van der Waals surface area contributed by atoms with Gasteiger partial charge in [0.15, 0.2) is 10.9 Å². The van der Waals surface area contributed by atoms with E-state index in [1.165, 1.54) is 0 Å². The second kappa shape index (κ2) is 8.05. The lowest BCUT2D eigenvalue weighted by molar-refractivity contribution is -0.114. The van der Waals surface area contributed by atoms with Crippen LogP contribution in [0.1, 0.15) is 31.0 Å². The summed E-state index contributed by atoms with van der Waals surface area (Å²) in [6.07, 6.45) is 0. The molecule has 0 spiro atoms. The third kappa shape index (κ3) is 3.87. The lowest BCUT2D eigenvalue weighted by Crippen LogP contribution is -2.44. The Labute approximate surface area is 175 Å². The van der Waals surface area contributed by atoms with Crippen molar-refractivity contribution >= 4 is 33.9 Å². The van der Waals surface area contributed by atoms with Crippen LogP contribution in [0.25, 0.3) is 10.8 Å². The predicted molar refractivity (Wildman–Crippen MR) is 120 cm³/mol. The summed E-state index contributed by atoms with van der Waals surface area (Å²) in [4.78, 5) is 12.5. The lowest BCUT2D eigenvalue weighted by atomic mass is 9.89. The van der Waals surface area contributed by atoms with Gasteiger partial charge in [-0.05, 0) is 48.5 Å². The van der Waals surface area contributed by atoms with Crippen molar-refractivity contribution in [3.05, 3.63) is 89.1 Å². The first-order chi connectivity index (χ1) is 14.0. The van der Waals surface area contributed by atoms with Gasteiger partial charge in [-0.15, -0.1) is 0 Å². The Bertz CT molecular complexity index is 1120. The van der Waals surface area contributed by atoms with Crippen molar-refractivity contribution in [3.63, 3.8) is 0 Å². The standard InChI is InChI=1S/C24H22N2O2S/c1-15-21(16(2)27)23(26-24(29)25-15)22-19-11-7-6-10-18(19)12-13-20(22)28-14-17-8-4-3-5-9-17/h3-13,23H,14H2,1-2H3,(H2,25,26,29). The maximum Gasteiger partial charge on any atom is 0.171 e. The number of fused-ring (bicyclic) bond motifs is 1. The minimum Gasteiger partial charge on any atom is -0.489 e. The number of carbonyl (C=O) groups excluding carboxylic acids is 1. The Kier molecular flexibility index (Phi) is 5.32. The van der Waals surface area contributed by atoms with Gasteiger partial charge < -0.3 is 15.4 Å². The second-order valence-corrected chi connectivity index (χ2v) is 7.51. The molecule has 4 nitrogen and oxygen atoms in total. The Hall–Kier alpha value is -3.18. The van der Waals surface area contributed by atoms with E-state index in [9.17, 15) is 4.79 Å². The predicted octanol–water partition coefficient (Wildman–Crippen LogP) is 4.80. The highest BCUT2D eigenvalue weighted by Gasteiger charge is 2.31. The molecule has 0 aliphatic carbocycles. The zero-order chi connectivity index (χ0) is 20.4. The number of allylic oxidation sites excluding steroid dienone is 1. The van der Waals surface area contributed by atoms with Crippen LogP contribution in [-0.4, -0.2) is 10.9 Å². The number of benzene rings is 3. The molecule has 0 saturated heterocycles. The van der Waals surface area contributed by atoms with E-state index in [1.54, 1.807) is 6.92 Å². The van der Waals surface area contributed by atoms with Crippen LogP contribution in [0, 0.1) is 0 Å². The van der Waals surface area contributed by atoms with Crippen LogP contribution in [0.15, 0.2) is 78.0 Å². The van der Waals surface area contributed by atoms with Crippen LogP contribution >= 0.6 is 12.2 Å². The van der Waals surface area contributed by atoms with Gasteiger partial charge in [-0.2, -0.15) is 0 Å². The molecule has 1 heterocycles. The quantitative estimate of drug-likeness (QED) is 0.601. The molecule has 5 heteroatoms. The van der Waals surface area contributed by atoms with Gasteiger partial charge >= 0.3 is 0 Å². The van der Waals surface area contributed by atoms with Gasteiger partial charge in [0.2, 0.25) is 0 Å². The van der Waals surface area contributed by atoms with Gasteiger partial charge in [-0.25, -0.2) is 0 Å². The monoisotopic (exact) mass is 402 g/mol. The van der Waals surface area contributed by atoms with Crippen LogP contribution in [-0.2, 0) is 11.4 Å². The highest BCUT2D eigenvalue weighted by molar-refractivity contribution is 7.80. The number of rotatable bonds is 5. The fourth-order valence-electron chi connectivity index (χ4n) is 3.81. The third-order valence-electron chi connectivity index (χ3n) is 5.10. The molecule has 0 bridgehead atoms. The first-order valence-corrected chi connectivity index (χ1v) is 9.93. The SMILES string of the molecule is CC(=O)C1=C(C)NC(=S)NC1c1c(OCc2ccccc2)ccc2ccccc12. The van der Waals surface area contributed by atoms with Crippen LogP contribution in [0.3, 0.4) is 0 Å². The Morgan fingerprint density at radius 2 is 1.76 bits per heavy atom. The van der Waals surface area contributed by atoms with Gasteiger partial charge in [-0.3, -0.25) is 4.79 Å². The molecule has 2 N–H and O–H groups in total. The van der Waals surface area contributed by atoms with E-state index >= 15 is 0 Å². The first-order valence-electron chi connectivity index (χ1n) is 9.52. The van der Waals surface area contributed by atoms with E-state index in [1.807, 2.05) is 61.5 Å². The van der Waals surface area contributed by atoms with Crippen molar-refractivity contribution in [1.82, 2.24) is 10.6 Å². The number of nitrogens with one attached hydrogen (secondary N) is 2. The largest absolute Gasteiger partial charge is 0.489 e. The first kappa shape index (κ1) is 19.2. The van der Waals surface area contributed by atoms with Crippen molar-refractivity contribution in [2.75, 3.05) is 0 Å². The molecular formula is C24H22N2O2S. The van der Waals surface area contributed by atoms with E-state index < -0.39 is 0 Å². The average molecular weight is 403 g/mol. The van der Waals surface area contributed by atoms with Crippen LogP contribution in [0.5, 0.6) is 5.75 Å². The Morgan fingerprint density at radius 1 is 1.03 bits per heavy atom. The topological polar surface area (TPSA) is 50.4 Å². The second-order valence-electron chi connectivity index (χ2n) is 7.10. The highest BCUT2D eigenvalue weighted by Crippen LogP contribution is 2.39. The maximum atomic E-state index is 12.5. The van der Waals surface area contributed by atoms with E-state index in [0.717, 1.165) is 33.3 Å². The highest BCUT2D eigenvalue weighted by atomic mass is 32.1. The molecule has 1 atom stereocenters. The summed E-state index contributed by atoms with van der Waals surface area (Å²) in [5, 5.41) is 8.98. The molecule has 146 valence electrons. The number of Topliss-reactive ketones (excluding diaryl/α,β-unsaturated/α-hetero) is 1. The lowest BCUT2D eigenvalue weighted by Gasteiger charge is -2.31. The van der Waals surface area contributed by atoms with Gasteiger partial charge in [-0.1, -0.05) is 60.7 Å². The normalized spacial score (nSPS) is 16.3. The molecule has 0 saturated carbocycles. The van der Waals surface area contributed by atoms with Gasteiger partial charge in [0.05, 0.1) is 6.04 Å². The number of carbonyl (C=O) groups is 1. The fourth-order valence-corrected chi connectivity index (χ4v) is 4.08. The summed E-state index contributed by atoms with van der Waals surface area (Å²) >= 11 is 5.40. The molecule has 0 aromatic heterocycles. The minimum absolute atomic E-state index is 0.00283. The zero-order valence-electron chi connectivity index (χ0n) is 16.4. The number of hydrogen-bond acceptors (Lipinski definition) is 3. The molecular weight excluding hydrogens is 380 g/mol. The molecule has 1 aliphatic rings. The maximum absolute atomic E-state index is 12.5. The smallest absolute Gasteiger partial charge is 0.171 e. The number of hydrogen-bond donors (Lipinski definition) is 2. The summed E-state index contributed by atoms with van der Waals surface area (Å²) in [6, 6.07) is 21.8. The molecule has 29 heavy (non-hydrogen) atoms. The number of thiocarbonyl (C=S) groups is 1. The Morgan fingerprint density at radius 3 is 2.52 bits per heavy atom. The zero-order valence-corrected chi connectivity index (χ0v) is 17.2. The molecule has 3 aromatic carbocycles. The molecule has 4 rings (SSSR count). The van der Waals surface area contributed by atoms with Crippen LogP contribution < -0.4 is 15.4 Å². The molecule has 0 fully saturated rings. The van der Waals surface area contributed by atoms with E-state index in [0.29, 0.717) is 17.3 Å². The summed E-state index contributed by atoms with van der Waals surface area (Å²) in [5.74, 6) is 0.734. The van der Waals surface area contributed by atoms with Crippen molar-refractivity contribution < 1.29 is 9.53 Å². The van der Waals surface area contributed by atoms with Gasteiger partial charge in [0.25, 0.3) is 0 Å². The number of ether oxygens (including phenoxy) is 1. The van der Waals surface area contributed by atoms with Gasteiger partial charge in [0.1, 0.15) is 12.4 Å². The van der Waals surface area contributed by atoms with Crippen molar-refractivity contribution in [1.29, 1.82) is 0 Å². The molecule has 0 amide bonds. The summed E-state index contributed by atoms with van der Waals surface area (Å²) in [6.45, 7) is 3.91. The fraction of sp³-hybridized carbons (Fsp3) is 0.167. The van der Waals surface area contributed by atoms with E-state index in [-0.39, 0.29) is 11.8 Å². The third-order valence-corrected chi connectivity index (χ3v) is 5.32. The van der Waals surface area contributed by atoms with Crippen molar-refractivity contribution in [2.24, 2.45) is 0 Å². The van der Waals surface area contributed by atoms with Crippen LogP contribution in [0.4, 0.5) is 0 Å². The van der Waals surface area contributed by atoms with E-state index in [4.69, 9.17) is 17.0 Å². The average Bonchev–Trinajstić information content (AvgIpc) is 2.71. The molecule has 1 unspecified atom stereocenters. The van der Waals surface area contributed by atoms with Gasteiger partial charge in [0, 0.05) is 16.8 Å². The molecule has 1 aliphatic heterocycles. The minimum atomic E-state index is -0.377.